The van der Waals surface area contributed by atoms with Crippen molar-refractivity contribution >= 4 is 27.5 Å². The first-order chi connectivity index (χ1) is 7.08. The molecule has 0 aliphatic rings. The van der Waals surface area contributed by atoms with Gasteiger partial charge in [-0.2, -0.15) is 0 Å². The molecule has 82 valence electrons. The number of amides is 1. The summed E-state index contributed by atoms with van der Waals surface area (Å²) < 4.78 is 6.16. The number of carbonyl (C=O) groups excluding carboxylic acids is 1. The average molecular weight is 272 g/mol. The number of benzene rings is 1. The number of carbonyl (C=O) groups is 1. The summed E-state index contributed by atoms with van der Waals surface area (Å²) >= 11 is 3.32. The molecule has 0 aromatic heterocycles. The van der Waals surface area contributed by atoms with E-state index in [0.29, 0.717) is 0 Å². The van der Waals surface area contributed by atoms with Crippen LogP contribution in [0.3, 0.4) is 0 Å². The fourth-order valence-electron chi connectivity index (χ4n) is 0.973. The van der Waals surface area contributed by atoms with Gasteiger partial charge in [0.15, 0.2) is 0 Å². The Morgan fingerprint density at radius 3 is 2.53 bits per heavy atom. The molecule has 4 heteroatoms. The first-order valence-electron chi connectivity index (χ1n) is 4.75. The molecule has 0 spiro atoms. The maximum atomic E-state index is 11.4. The molecule has 0 unspecified atom stereocenters. The predicted molar refractivity (Wildman–Crippen MR) is 63.9 cm³/mol. The molecular weight excluding hydrogens is 258 g/mol. The van der Waals surface area contributed by atoms with Gasteiger partial charge in [-0.05, 0) is 38.1 Å². The molecule has 1 N–H and O–H groups in total. The van der Waals surface area contributed by atoms with Gasteiger partial charge in [-0.25, -0.2) is 0 Å². The van der Waals surface area contributed by atoms with Crippen molar-refractivity contribution in [2.75, 3.05) is 11.9 Å². The van der Waals surface area contributed by atoms with Gasteiger partial charge < -0.3 is 10.1 Å². The van der Waals surface area contributed by atoms with Gasteiger partial charge in [-0.3, -0.25) is 4.79 Å². The lowest BCUT2D eigenvalue weighted by atomic mass is 10.3. The maximum absolute atomic E-state index is 11.4. The summed E-state index contributed by atoms with van der Waals surface area (Å²) in [6.07, 6.45) is 0.0701. The van der Waals surface area contributed by atoms with E-state index >= 15 is 0 Å². The number of ether oxygens (including phenoxy) is 1. The van der Waals surface area contributed by atoms with Crippen molar-refractivity contribution in [2.45, 2.75) is 20.0 Å². The Balaban J connectivity index is 2.41. The Labute approximate surface area is 97.9 Å². The molecular formula is C11H14BrNO2. The Kier molecular flexibility index (Phi) is 4.78. The van der Waals surface area contributed by atoms with Gasteiger partial charge in [0.25, 0.3) is 0 Å². The van der Waals surface area contributed by atoms with E-state index in [0.717, 1.165) is 10.2 Å². The molecule has 0 saturated heterocycles. The molecule has 1 aromatic carbocycles. The smallest absolute Gasteiger partial charge is 0.250 e. The van der Waals surface area contributed by atoms with E-state index < -0.39 is 0 Å². The van der Waals surface area contributed by atoms with Crippen LogP contribution in [0.1, 0.15) is 13.8 Å². The molecule has 0 aliphatic heterocycles. The number of rotatable bonds is 4. The quantitative estimate of drug-likeness (QED) is 0.915. The van der Waals surface area contributed by atoms with Crippen molar-refractivity contribution in [3.63, 3.8) is 0 Å². The normalized spacial score (nSPS) is 10.4. The highest BCUT2D eigenvalue weighted by atomic mass is 79.9. The van der Waals surface area contributed by atoms with Crippen LogP contribution in [-0.2, 0) is 9.53 Å². The number of hydrogen-bond donors (Lipinski definition) is 1. The first-order valence-corrected chi connectivity index (χ1v) is 5.54. The number of nitrogens with one attached hydrogen (secondary N) is 1. The Morgan fingerprint density at radius 2 is 2.00 bits per heavy atom. The largest absolute Gasteiger partial charge is 0.369 e. The van der Waals surface area contributed by atoms with Crippen LogP contribution >= 0.6 is 15.9 Å². The van der Waals surface area contributed by atoms with Crippen LogP contribution in [-0.4, -0.2) is 18.6 Å². The van der Waals surface area contributed by atoms with Crippen LogP contribution in [0.5, 0.6) is 0 Å². The van der Waals surface area contributed by atoms with E-state index in [1.54, 1.807) is 0 Å². The van der Waals surface area contributed by atoms with E-state index in [1.165, 1.54) is 0 Å². The monoisotopic (exact) mass is 271 g/mol. The van der Waals surface area contributed by atoms with Gasteiger partial charge >= 0.3 is 0 Å². The fourth-order valence-corrected chi connectivity index (χ4v) is 1.24. The lowest BCUT2D eigenvalue weighted by Crippen LogP contribution is -2.20. The maximum Gasteiger partial charge on any atom is 0.250 e. The van der Waals surface area contributed by atoms with Crippen molar-refractivity contribution < 1.29 is 9.53 Å². The molecule has 0 radical (unpaired) electrons. The van der Waals surface area contributed by atoms with E-state index in [2.05, 4.69) is 21.2 Å². The van der Waals surface area contributed by atoms with Crippen LogP contribution in [0.25, 0.3) is 0 Å². The molecule has 0 fully saturated rings. The van der Waals surface area contributed by atoms with Crippen molar-refractivity contribution in [1.82, 2.24) is 0 Å². The average Bonchev–Trinajstić information content (AvgIpc) is 2.19. The summed E-state index contributed by atoms with van der Waals surface area (Å²) in [4.78, 5) is 11.4. The Morgan fingerprint density at radius 1 is 1.40 bits per heavy atom. The molecule has 3 nitrogen and oxygen atoms in total. The zero-order valence-corrected chi connectivity index (χ0v) is 10.4. The molecule has 0 heterocycles. The van der Waals surface area contributed by atoms with Gasteiger partial charge in [-0.1, -0.05) is 15.9 Å². The Hall–Kier alpha value is -0.870. The third-order valence-electron chi connectivity index (χ3n) is 1.68. The van der Waals surface area contributed by atoms with Gasteiger partial charge in [0.1, 0.15) is 6.61 Å². The van der Waals surface area contributed by atoms with E-state index in [-0.39, 0.29) is 18.6 Å². The lowest BCUT2D eigenvalue weighted by Gasteiger charge is -2.08. The second-order valence-electron chi connectivity index (χ2n) is 3.41. The third kappa shape index (κ3) is 4.95. The predicted octanol–water partition coefficient (Wildman–Crippen LogP) is 2.81. The molecule has 15 heavy (non-hydrogen) atoms. The number of anilines is 1. The van der Waals surface area contributed by atoms with Crippen LogP contribution in [0.2, 0.25) is 0 Å². The van der Waals surface area contributed by atoms with Gasteiger partial charge in [0, 0.05) is 10.2 Å². The molecule has 1 aromatic rings. The minimum atomic E-state index is -0.133. The zero-order valence-electron chi connectivity index (χ0n) is 8.79. The SMILES string of the molecule is CC(C)OCC(=O)Nc1ccc(Br)cc1. The summed E-state index contributed by atoms with van der Waals surface area (Å²) in [6, 6.07) is 7.41. The zero-order chi connectivity index (χ0) is 11.3. The molecule has 1 amide bonds. The first kappa shape index (κ1) is 12.2. The van der Waals surface area contributed by atoms with Crippen molar-refractivity contribution in [2.24, 2.45) is 0 Å². The second kappa shape index (κ2) is 5.88. The highest BCUT2D eigenvalue weighted by Gasteiger charge is 2.03. The summed E-state index contributed by atoms with van der Waals surface area (Å²) in [5.74, 6) is -0.133. The minimum Gasteiger partial charge on any atom is -0.369 e. The lowest BCUT2D eigenvalue weighted by molar-refractivity contribution is -0.121. The van der Waals surface area contributed by atoms with Gasteiger partial charge in [-0.15, -0.1) is 0 Å². The topological polar surface area (TPSA) is 38.3 Å². The highest BCUT2D eigenvalue weighted by molar-refractivity contribution is 9.10. The molecule has 0 saturated carbocycles. The van der Waals surface area contributed by atoms with E-state index in [4.69, 9.17) is 4.74 Å². The van der Waals surface area contributed by atoms with E-state index in [9.17, 15) is 4.79 Å². The molecule has 1 rings (SSSR count). The minimum absolute atomic E-state index is 0.0701. The molecule has 0 atom stereocenters. The van der Waals surface area contributed by atoms with Gasteiger partial charge in [0.2, 0.25) is 5.91 Å². The van der Waals surface area contributed by atoms with Crippen LogP contribution < -0.4 is 5.32 Å². The summed E-state index contributed by atoms with van der Waals surface area (Å²) in [6.45, 7) is 3.88. The van der Waals surface area contributed by atoms with Crippen LogP contribution in [0.4, 0.5) is 5.69 Å². The molecule has 0 aliphatic carbocycles. The highest BCUT2D eigenvalue weighted by Crippen LogP contribution is 2.13. The number of halogens is 1. The van der Waals surface area contributed by atoms with Crippen molar-refractivity contribution in [3.8, 4) is 0 Å². The fraction of sp³-hybridized carbons (Fsp3) is 0.364. The summed E-state index contributed by atoms with van der Waals surface area (Å²) in [5, 5.41) is 2.74. The third-order valence-corrected chi connectivity index (χ3v) is 2.20. The van der Waals surface area contributed by atoms with Crippen LogP contribution in [0, 0.1) is 0 Å². The van der Waals surface area contributed by atoms with Crippen LogP contribution in [0.15, 0.2) is 28.7 Å². The standard InChI is InChI=1S/C11H14BrNO2/c1-8(2)15-7-11(14)13-10-5-3-9(12)4-6-10/h3-6,8H,7H2,1-2H3,(H,13,14). The van der Waals surface area contributed by atoms with Gasteiger partial charge in [0.05, 0.1) is 6.10 Å². The Bertz CT molecular complexity index is 322. The summed E-state index contributed by atoms with van der Waals surface area (Å²) in [5.41, 5.74) is 0.774. The number of hydrogen-bond acceptors (Lipinski definition) is 2. The molecule has 0 bridgehead atoms. The second-order valence-corrected chi connectivity index (χ2v) is 4.33. The van der Waals surface area contributed by atoms with Crippen molar-refractivity contribution in [3.05, 3.63) is 28.7 Å². The summed E-state index contributed by atoms with van der Waals surface area (Å²) in [7, 11) is 0. The van der Waals surface area contributed by atoms with Crippen molar-refractivity contribution in [1.29, 1.82) is 0 Å². The van der Waals surface area contributed by atoms with E-state index in [1.807, 2.05) is 38.1 Å².